The van der Waals surface area contributed by atoms with E-state index in [0.29, 0.717) is 17.4 Å². The van der Waals surface area contributed by atoms with Gasteiger partial charge in [0.25, 0.3) is 0 Å². The number of thioether (sulfide) groups is 1. The minimum absolute atomic E-state index is 0.179. The van der Waals surface area contributed by atoms with E-state index in [1.54, 1.807) is 24.9 Å². The number of ether oxygens (including phenoxy) is 1. The summed E-state index contributed by atoms with van der Waals surface area (Å²) in [5.41, 5.74) is 4.53. The Balaban J connectivity index is 1.92. The monoisotopic (exact) mass is 413 g/mol. The summed E-state index contributed by atoms with van der Waals surface area (Å²) < 4.78 is 5.94. The van der Waals surface area contributed by atoms with Crippen LogP contribution in [-0.4, -0.2) is 30.0 Å². The molecule has 0 aliphatic rings. The summed E-state index contributed by atoms with van der Waals surface area (Å²) in [5.74, 6) is -0.272. The lowest BCUT2D eigenvalue weighted by molar-refractivity contribution is -0.142. The first-order valence-corrected chi connectivity index (χ1v) is 9.74. The summed E-state index contributed by atoms with van der Waals surface area (Å²) in [7, 11) is 0. The van der Waals surface area contributed by atoms with E-state index in [-0.39, 0.29) is 12.4 Å². The van der Waals surface area contributed by atoms with Crippen LogP contribution in [0, 0.1) is 0 Å². The molecule has 0 unspecified atom stereocenters. The van der Waals surface area contributed by atoms with Crippen molar-refractivity contribution in [3.05, 3.63) is 39.3 Å². The third-order valence-electron chi connectivity index (χ3n) is 2.73. The van der Waals surface area contributed by atoms with Crippen molar-refractivity contribution in [3.63, 3.8) is 0 Å². The smallest absolute Gasteiger partial charge is 0.311 e. The van der Waals surface area contributed by atoms with Gasteiger partial charge in [-0.15, -0.1) is 23.1 Å². The number of carbonyl (C=O) groups is 1. The van der Waals surface area contributed by atoms with Crippen molar-refractivity contribution < 1.29 is 9.53 Å². The molecule has 0 fully saturated rings. The molecule has 0 radical (unpaired) electrons. The van der Waals surface area contributed by atoms with Gasteiger partial charge < -0.3 is 4.74 Å². The van der Waals surface area contributed by atoms with Crippen LogP contribution < -0.4 is 5.43 Å². The standard InChI is InChI=1S/C15H16BrN3O2S2/c1-3-21-14(20)7-11-9-23-15(18-11)19-17-8-10-4-5-13(22-2)12(16)6-10/h4-6,8-9H,3,7H2,1-2H3,(H,18,19). The molecule has 0 saturated carbocycles. The molecule has 0 saturated heterocycles. The Morgan fingerprint density at radius 1 is 1.57 bits per heavy atom. The van der Waals surface area contributed by atoms with Gasteiger partial charge in [0.05, 0.1) is 24.9 Å². The number of anilines is 1. The lowest BCUT2D eigenvalue weighted by Gasteiger charge is -2.01. The first kappa shape index (κ1) is 18.0. The van der Waals surface area contributed by atoms with Crippen LogP contribution >= 0.6 is 39.0 Å². The molecule has 0 aliphatic heterocycles. The van der Waals surface area contributed by atoms with Crippen molar-refractivity contribution >= 4 is 56.3 Å². The third-order valence-corrected chi connectivity index (χ3v) is 5.24. The number of rotatable bonds is 7. The Bertz CT molecular complexity index is 704. The van der Waals surface area contributed by atoms with Crippen LogP contribution in [0.4, 0.5) is 5.13 Å². The van der Waals surface area contributed by atoms with Crippen LogP contribution in [0.3, 0.4) is 0 Å². The molecule has 0 amide bonds. The number of halogens is 1. The number of nitrogens with zero attached hydrogens (tertiary/aromatic N) is 2. The highest BCUT2D eigenvalue weighted by molar-refractivity contribution is 9.10. The van der Waals surface area contributed by atoms with Crippen LogP contribution in [0.25, 0.3) is 0 Å². The van der Waals surface area contributed by atoms with E-state index in [9.17, 15) is 4.79 Å². The summed E-state index contributed by atoms with van der Waals surface area (Å²) >= 11 is 6.61. The van der Waals surface area contributed by atoms with E-state index in [1.165, 1.54) is 16.2 Å². The van der Waals surface area contributed by atoms with Crippen molar-refractivity contribution in [2.24, 2.45) is 5.10 Å². The largest absolute Gasteiger partial charge is 0.466 e. The maximum Gasteiger partial charge on any atom is 0.311 e. The fraction of sp³-hybridized carbons (Fsp3) is 0.267. The van der Waals surface area contributed by atoms with Gasteiger partial charge in [0.15, 0.2) is 0 Å². The number of nitrogens with one attached hydrogen (secondary N) is 1. The first-order chi connectivity index (χ1) is 11.1. The molecule has 0 spiro atoms. The minimum atomic E-state index is -0.272. The highest BCUT2D eigenvalue weighted by Gasteiger charge is 2.07. The Morgan fingerprint density at radius 2 is 2.39 bits per heavy atom. The van der Waals surface area contributed by atoms with Gasteiger partial charge in [0, 0.05) is 14.7 Å². The number of hydrazone groups is 1. The lowest BCUT2D eigenvalue weighted by atomic mass is 10.2. The minimum Gasteiger partial charge on any atom is -0.466 e. The molecule has 23 heavy (non-hydrogen) atoms. The molecule has 0 aliphatic carbocycles. The molecule has 0 bridgehead atoms. The van der Waals surface area contributed by atoms with E-state index < -0.39 is 0 Å². The van der Waals surface area contributed by atoms with Crippen molar-refractivity contribution in [3.8, 4) is 0 Å². The Kier molecular flexibility index (Phi) is 7.07. The zero-order valence-electron chi connectivity index (χ0n) is 12.7. The Labute approximate surface area is 151 Å². The van der Waals surface area contributed by atoms with Crippen LogP contribution in [0.5, 0.6) is 0 Å². The number of aromatic nitrogens is 1. The van der Waals surface area contributed by atoms with Gasteiger partial charge in [-0.05, 0) is 46.8 Å². The third kappa shape index (κ3) is 5.63. The lowest BCUT2D eigenvalue weighted by Crippen LogP contribution is -2.07. The van der Waals surface area contributed by atoms with E-state index in [1.807, 2.05) is 29.8 Å². The molecule has 1 N–H and O–H groups in total. The molecule has 1 aromatic heterocycles. The van der Waals surface area contributed by atoms with Gasteiger partial charge in [-0.3, -0.25) is 10.2 Å². The average Bonchev–Trinajstić information content (AvgIpc) is 2.95. The zero-order chi connectivity index (χ0) is 16.7. The first-order valence-electron chi connectivity index (χ1n) is 6.85. The second kappa shape index (κ2) is 9.05. The zero-order valence-corrected chi connectivity index (χ0v) is 15.9. The quantitative estimate of drug-likeness (QED) is 0.319. The van der Waals surface area contributed by atoms with Crippen LogP contribution in [-0.2, 0) is 16.0 Å². The fourth-order valence-corrected chi connectivity index (χ4v) is 3.72. The van der Waals surface area contributed by atoms with E-state index in [0.717, 1.165) is 10.0 Å². The Hall–Kier alpha value is -1.38. The number of hydrogen-bond donors (Lipinski definition) is 1. The maximum absolute atomic E-state index is 11.4. The van der Waals surface area contributed by atoms with Gasteiger partial charge in [0.1, 0.15) is 0 Å². The molecule has 0 atom stereocenters. The van der Waals surface area contributed by atoms with Crippen molar-refractivity contribution in [2.45, 2.75) is 18.2 Å². The topological polar surface area (TPSA) is 63.6 Å². The number of esters is 1. The van der Waals surface area contributed by atoms with E-state index in [4.69, 9.17) is 4.74 Å². The second-order valence-corrected chi connectivity index (χ2v) is 6.95. The normalized spacial score (nSPS) is 10.9. The van der Waals surface area contributed by atoms with Gasteiger partial charge in [-0.2, -0.15) is 5.10 Å². The SMILES string of the molecule is CCOC(=O)Cc1csc(NN=Cc2ccc(SC)c(Br)c2)n1. The van der Waals surface area contributed by atoms with Crippen molar-refractivity contribution in [2.75, 3.05) is 18.3 Å². The number of benzene rings is 1. The van der Waals surface area contributed by atoms with Gasteiger partial charge >= 0.3 is 5.97 Å². The van der Waals surface area contributed by atoms with Crippen molar-refractivity contribution in [1.82, 2.24) is 4.98 Å². The summed E-state index contributed by atoms with van der Waals surface area (Å²) in [5, 5.41) is 6.62. The molecule has 1 heterocycles. The molecular weight excluding hydrogens is 398 g/mol. The molecule has 1 aromatic carbocycles. The molecule has 5 nitrogen and oxygen atoms in total. The summed E-state index contributed by atoms with van der Waals surface area (Å²) in [6.45, 7) is 2.16. The predicted octanol–water partition coefficient (Wildman–Crippen LogP) is 4.18. The summed E-state index contributed by atoms with van der Waals surface area (Å²) in [4.78, 5) is 16.9. The van der Waals surface area contributed by atoms with Gasteiger partial charge in [-0.25, -0.2) is 4.98 Å². The molecule has 122 valence electrons. The summed E-state index contributed by atoms with van der Waals surface area (Å²) in [6, 6.07) is 6.04. The highest BCUT2D eigenvalue weighted by atomic mass is 79.9. The van der Waals surface area contributed by atoms with Gasteiger partial charge in [-0.1, -0.05) is 6.07 Å². The van der Waals surface area contributed by atoms with Crippen LogP contribution in [0.15, 0.2) is 38.0 Å². The maximum atomic E-state index is 11.4. The fourth-order valence-electron chi connectivity index (χ4n) is 1.72. The average molecular weight is 414 g/mol. The number of hydrogen-bond acceptors (Lipinski definition) is 7. The molecule has 2 rings (SSSR count). The van der Waals surface area contributed by atoms with Crippen LogP contribution in [0.1, 0.15) is 18.2 Å². The van der Waals surface area contributed by atoms with Crippen LogP contribution in [0.2, 0.25) is 0 Å². The van der Waals surface area contributed by atoms with E-state index in [2.05, 4.69) is 31.4 Å². The van der Waals surface area contributed by atoms with E-state index >= 15 is 0 Å². The summed E-state index contributed by atoms with van der Waals surface area (Å²) in [6.07, 6.45) is 3.94. The number of carbonyl (C=O) groups excluding carboxylic acids is 1. The Morgan fingerprint density at radius 3 is 3.09 bits per heavy atom. The second-order valence-electron chi connectivity index (χ2n) is 4.39. The molecule has 8 heteroatoms. The predicted molar refractivity (Wildman–Crippen MR) is 99.6 cm³/mol. The van der Waals surface area contributed by atoms with Crippen molar-refractivity contribution in [1.29, 1.82) is 0 Å². The molecular formula is C15H16BrN3O2S2. The van der Waals surface area contributed by atoms with Gasteiger partial charge in [0.2, 0.25) is 5.13 Å². The highest BCUT2D eigenvalue weighted by Crippen LogP contribution is 2.26. The number of thiazole rings is 1. The molecule has 2 aromatic rings.